The fraction of sp³-hybridized carbons (Fsp3) is 0.429. The van der Waals surface area contributed by atoms with Crippen molar-refractivity contribution in [2.75, 3.05) is 6.61 Å². The van der Waals surface area contributed by atoms with Gasteiger partial charge in [0.05, 0.1) is 23.7 Å². The van der Waals surface area contributed by atoms with E-state index in [4.69, 9.17) is 33.7 Å². The molecule has 0 saturated heterocycles. The van der Waals surface area contributed by atoms with E-state index < -0.39 is 65.8 Å². The minimum absolute atomic E-state index is 0.00273. The normalized spacial score (nSPS) is 19.1. The number of rotatable bonds is 14. The van der Waals surface area contributed by atoms with E-state index in [0.29, 0.717) is 26.1 Å². The third-order valence-corrected chi connectivity index (χ3v) is 10.1. The molecule has 11 nitrogen and oxygen atoms in total. The Hall–Kier alpha value is -4.64. The summed E-state index contributed by atoms with van der Waals surface area (Å²) in [5.41, 5.74) is 4.61. The molecule has 0 unspecified atom stereocenters. The number of guanidine groups is 1. The number of alkyl halides is 7. The molecule has 4 aromatic rings. The lowest BCUT2D eigenvalue weighted by Gasteiger charge is -2.34. The zero-order valence-electron chi connectivity index (χ0n) is 29.0. The number of aromatic nitrogens is 5. The molecule has 0 spiro atoms. The monoisotopic (exact) mass is 798 g/mol. The quantitative estimate of drug-likeness (QED) is 0.0774. The van der Waals surface area contributed by atoms with Crippen LogP contribution in [0.5, 0.6) is 0 Å². The first kappa shape index (κ1) is 39.1. The van der Waals surface area contributed by atoms with E-state index in [2.05, 4.69) is 20.2 Å². The molecule has 1 aliphatic heterocycles. The molecule has 2 atom stereocenters. The Morgan fingerprint density at radius 1 is 1.02 bits per heavy atom. The summed E-state index contributed by atoms with van der Waals surface area (Å²) >= 11 is 13.2. The zero-order valence-corrected chi connectivity index (χ0v) is 30.5. The largest absolute Gasteiger partial charge is 0.463 e. The minimum atomic E-state index is -3.15. The van der Waals surface area contributed by atoms with Gasteiger partial charge in [-0.05, 0) is 62.4 Å². The summed E-state index contributed by atoms with van der Waals surface area (Å²) in [6.45, 7) is -2.48. The summed E-state index contributed by atoms with van der Waals surface area (Å²) < 4.78 is 89.1. The summed E-state index contributed by atoms with van der Waals surface area (Å²) in [7, 11) is 0. The van der Waals surface area contributed by atoms with Gasteiger partial charge in [-0.25, -0.2) is 23.4 Å². The molecule has 2 aromatic heterocycles. The molecule has 1 saturated carbocycles. The van der Waals surface area contributed by atoms with Gasteiger partial charge in [-0.1, -0.05) is 41.9 Å². The second kappa shape index (κ2) is 14.2. The highest BCUT2D eigenvalue weighted by molar-refractivity contribution is 6.33. The number of amides is 1. The smallest absolute Gasteiger partial charge is 0.335 e. The summed E-state index contributed by atoms with van der Waals surface area (Å²) in [6.07, 6.45) is 2.89. The lowest BCUT2D eigenvalue weighted by atomic mass is 9.81. The number of aliphatic imine (C=N–C) groups is 1. The molecule has 1 aliphatic carbocycles. The molecule has 54 heavy (non-hydrogen) atoms. The van der Waals surface area contributed by atoms with Crippen molar-refractivity contribution in [2.45, 2.75) is 81.9 Å². The first-order valence-electron chi connectivity index (χ1n) is 16.6. The molecule has 19 heteroatoms. The molecular weight excluding hydrogens is 765 g/mol. The molecule has 1 amide bonds. The van der Waals surface area contributed by atoms with Crippen LogP contribution in [0.2, 0.25) is 5.02 Å². The summed E-state index contributed by atoms with van der Waals surface area (Å²) in [5, 5.41) is 7.22. The Morgan fingerprint density at radius 2 is 1.70 bits per heavy atom. The molecular formula is C35H34Cl2F6N8O3. The van der Waals surface area contributed by atoms with Crippen LogP contribution in [0.4, 0.5) is 26.3 Å². The van der Waals surface area contributed by atoms with Crippen molar-refractivity contribution < 1.29 is 40.7 Å². The van der Waals surface area contributed by atoms with E-state index in [1.54, 1.807) is 38.1 Å². The van der Waals surface area contributed by atoms with E-state index in [1.807, 2.05) is 0 Å². The Balaban J connectivity index is 1.40. The summed E-state index contributed by atoms with van der Waals surface area (Å²) in [5.74, 6) is -5.44. The third kappa shape index (κ3) is 7.52. The van der Waals surface area contributed by atoms with Crippen LogP contribution in [0.1, 0.15) is 76.7 Å². The van der Waals surface area contributed by atoms with Crippen LogP contribution in [0.15, 0.2) is 66.2 Å². The van der Waals surface area contributed by atoms with Crippen molar-refractivity contribution in [2.24, 2.45) is 16.1 Å². The number of nitrogens with two attached hydrogens (primary N) is 1. The molecule has 2 N–H and O–H groups in total. The number of carbonyl (C=O) groups excluding carboxylic acids is 2. The Bertz CT molecular complexity index is 2080. The first-order chi connectivity index (χ1) is 25.2. The molecule has 2 aliphatic rings. The lowest BCUT2D eigenvalue weighted by molar-refractivity contribution is -0.153. The molecule has 2 aromatic carbocycles. The number of hydrogen-bond acceptors (Lipinski definition) is 8. The van der Waals surface area contributed by atoms with Crippen LogP contribution >= 0.6 is 23.2 Å². The van der Waals surface area contributed by atoms with Crippen molar-refractivity contribution in [3.05, 3.63) is 77.3 Å². The van der Waals surface area contributed by atoms with Gasteiger partial charge in [0.15, 0.2) is 17.3 Å². The van der Waals surface area contributed by atoms with Gasteiger partial charge in [-0.2, -0.15) is 32.4 Å². The van der Waals surface area contributed by atoms with Crippen molar-refractivity contribution in [3.8, 4) is 22.5 Å². The van der Waals surface area contributed by atoms with E-state index in [0.717, 1.165) is 18.2 Å². The average Bonchev–Trinajstić information content (AvgIpc) is 3.40. The SMILES string of the molecule is CC(C)(Cl)C[C@]1(c2ccc(-c3cnn(C(F)F)c3)cc2)N=C(N)N([C@H](COC(=O)CC2(C(C)(F)F)CC2)c2ccc(Cl)c(-c3ncnn3C(F)F)c2)C1=O. The number of hydrogen-bond donors (Lipinski definition) is 1. The fourth-order valence-electron chi connectivity index (χ4n) is 6.70. The third-order valence-electron chi connectivity index (χ3n) is 9.65. The molecule has 288 valence electrons. The van der Waals surface area contributed by atoms with Crippen molar-refractivity contribution >= 4 is 41.0 Å². The van der Waals surface area contributed by atoms with E-state index in [9.17, 15) is 35.9 Å². The van der Waals surface area contributed by atoms with Gasteiger partial charge in [0.25, 0.3) is 11.8 Å². The number of carbonyl (C=O) groups is 2. The van der Waals surface area contributed by atoms with Crippen LogP contribution in [0.25, 0.3) is 22.5 Å². The number of halogens is 8. The van der Waals surface area contributed by atoms with E-state index in [-0.39, 0.29) is 47.2 Å². The number of nitrogens with zero attached hydrogens (tertiary/aromatic N) is 7. The van der Waals surface area contributed by atoms with Gasteiger partial charge in [-0.3, -0.25) is 14.5 Å². The number of esters is 1. The van der Waals surface area contributed by atoms with Gasteiger partial charge >= 0.3 is 19.1 Å². The second-order valence-corrected chi connectivity index (χ2v) is 15.5. The van der Waals surface area contributed by atoms with Gasteiger partial charge in [0, 0.05) is 34.0 Å². The van der Waals surface area contributed by atoms with E-state index >= 15 is 0 Å². The molecule has 6 rings (SSSR count). The Morgan fingerprint density at radius 3 is 2.28 bits per heavy atom. The Kier molecular flexibility index (Phi) is 10.3. The van der Waals surface area contributed by atoms with Crippen LogP contribution in [-0.4, -0.2) is 64.7 Å². The Labute approximate surface area is 315 Å². The second-order valence-electron chi connectivity index (χ2n) is 14.1. The maximum atomic E-state index is 14.9. The van der Waals surface area contributed by atoms with E-state index in [1.165, 1.54) is 30.6 Å². The topological polar surface area (TPSA) is 134 Å². The predicted octanol–water partition coefficient (Wildman–Crippen LogP) is 8.12. The number of ether oxygens (including phenoxy) is 1. The zero-order chi connectivity index (χ0) is 39.4. The first-order valence-corrected chi connectivity index (χ1v) is 17.3. The molecule has 3 heterocycles. The highest BCUT2D eigenvalue weighted by Gasteiger charge is 2.60. The van der Waals surface area contributed by atoms with Crippen molar-refractivity contribution in [1.29, 1.82) is 0 Å². The van der Waals surface area contributed by atoms with Crippen LogP contribution in [-0.2, 0) is 19.9 Å². The number of benzene rings is 2. The lowest BCUT2D eigenvalue weighted by Crippen LogP contribution is -2.47. The predicted molar refractivity (Wildman–Crippen MR) is 186 cm³/mol. The standard InChI is InChI=1S/C35H34Cl2F6N8O3/c1-32(2,37)17-35(22-7-4-19(5-8-22)21-14-46-49(15-21)29(38)39)28(53)50(31(44)48-35)25(16-54-26(52)13-34(10-11-34)33(3,42)43)20-6-9-24(36)23(12-20)27-45-18-47-51(27)30(40)41/h4-9,12,14-15,18,25,29-30H,10-11,13,16-17H2,1-3H3,(H2,44,48)/t25-,35-/m1/s1. The summed E-state index contributed by atoms with van der Waals surface area (Å²) in [4.78, 5) is 36.6. The van der Waals surface area contributed by atoms with Gasteiger partial charge in [-0.15, -0.1) is 11.6 Å². The van der Waals surface area contributed by atoms with Gasteiger partial charge < -0.3 is 10.5 Å². The van der Waals surface area contributed by atoms with Crippen LogP contribution < -0.4 is 5.73 Å². The maximum Gasteiger partial charge on any atom is 0.335 e. The molecule has 0 radical (unpaired) electrons. The average molecular weight is 800 g/mol. The highest BCUT2D eigenvalue weighted by atomic mass is 35.5. The van der Waals surface area contributed by atoms with Crippen LogP contribution in [0, 0.1) is 5.41 Å². The summed E-state index contributed by atoms with van der Waals surface area (Å²) in [6, 6.07) is 9.21. The van der Waals surface area contributed by atoms with Crippen molar-refractivity contribution in [1.82, 2.24) is 29.4 Å². The van der Waals surface area contributed by atoms with Crippen molar-refractivity contribution in [3.63, 3.8) is 0 Å². The van der Waals surface area contributed by atoms with Gasteiger partial charge in [0.2, 0.25) is 0 Å². The highest BCUT2D eigenvalue weighted by Crippen LogP contribution is 2.59. The van der Waals surface area contributed by atoms with Gasteiger partial charge in [0.1, 0.15) is 12.9 Å². The fourth-order valence-corrected chi connectivity index (χ4v) is 7.09. The minimum Gasteiger partial charge on any atom is -0.463 e. The maximum absolute atomic E-state index is 14.9. The molecule has 0 bridgehead atoms. The van der Waals surface area contributed by atoms with Crippen LogP contribution in [0.3, 0.4) is 0 Å². The molecule has 1 fully saturated rings.